The molecule has 3 heterocycles. The lowest BCUT2D eigenvalue weighted by atomic mass is 9.99. The lowest BCUT2D eigenvalue weighted by Gasteiger charge is -2.20. The third kappa shape index (κ3) is 3.72. The normalized spacial score (nSPS) is 18.4. The minimum absolute atomic E-state index is 0.0939. The van der Waals surface area contributed by atoms with Crippen molar-refractivity contribution >= 4 is 22.7 Å². The number of pyridine rings is 1. The molecule has 0 radical (unpaired) electrons. The first-order valence-electron chi connectivity index (χ1n) is 9.65. The number of benzene rings is 1. The van der Waals surface area contributed by atoms with Crippen LogP contribution in [0.1, 0.15) is 24.1 Å². The summed E-state index contributed by atoms with van der Waals surface area (Å²) in [5.41, 5.74) is -0.611. The molecule has 0 bridgehead atoms. The maximum atomic E-state index is 12.7. The summed E-state index contributed by atoms with van der Waals surface area (Å²) in [6, 6.07) is 5.55. The van der Waals surface area contributed by atoms with E-state index in [-0.39, 0.29) is 12.4 Å². The second-order valence-corrected chi connectivity index (χ2v) is 7.39. The Hall–Kier alpha value is -4.39. The molecule has 162 valence electrons. The average molecular weight is 433 g/mol. The number of nitrogens with zero attached hydrogens (tertiary/aromatic N) is 3. The number of aromatic hydroxyl groups is 1. The zero-order chi connectivity index (χ0) is 22.9. The average Bonchev–Trinajstić information content (AvgIpc) is 3.26. The number of urea groups is 1. The molecule has 1 aliphatic rings. The van der Waals surface area contributed by atoms with E-state index >= 15 is 0 Å². The number of aromatic nitrogens is 2. The molecule has 10 nitrogen and oxygen atoms in total. The van der Waals surface area contributed by atoms with Gasteiger partial charge in [0.15, 0.2) is 5.88 Å². The van der Waals surface area contributed by atoms with Gasteiger partial charge in [-0.3, -0.25) is 15.1 Å². The highest BCUT2D eigenvalue weighted by Gasteiger charge is 2.46. The Labute approximate surface area is 182 Å². The van der Waals surface area contributed by atoms with Gasteiger partial charge in [0.1, 0.15) is 11.8 Å². The number of imide groups is 1. The first kappa shape index (κ1) is 20.9. The van der Waals surface area contributed by atoms with Crippen molar-refractivity contribution in [3.63, 3.8) is 0 Å². The second-order valence-electron chi connectivity index (χ2n) is 7.39. The summed E-state index contributed by atoms with van der Waals surface area (Å²) in [6.45, 7) is 1.49. The molecular weight excluding hydrogens is 414 g/mol. The van der Waals surface area contributed by atoms with Crippen molar-refractivity contribution in [1.82, 2.24) is 20.2 Å². The van der Waals surface area contributed by atoms with E-state index in [1.807, 2.05) is 0 Å². The highest BCUT2D eigenvalue weighted by Crippen LogP contribution is 2.32. The van der Waals surface area contributed by atoms with Gasteiger partial charge in [0.2, 0.25) is 5.54 Å². The number of carbonyl (C=O) groups is 2. The molecule has 1 unspecified atom stereocenters. The molecule has 1 saturated heterocycles. The van der Waals surface area contributed by atoms with Gasteiger partial charge in [0.05, 0.1) is 13.7 Å². The molecule has 1 fully saturated rings. The summed E-state index contributed by atoms with van der Waals surface area (Å²) in [4.78, 5) is 39.5. The highest BCUT2D eigenvalue weighted by atomic mass is 16.5. The third-order valence-electron chi connectivity index (χ3n) is 5.24. The number of hydrogen-bond donors (Lipinski definition) is 3. The summed E-state index contributed by atoms with van der Waals surface area (Å²) in [7, 11) is 1.52. The zero-order valence-corrected chi connectivity index (χ0v) is 17.2. The summed E-state index contributed by atoms with van der Waals surface area (Å²) in [5.74, 6) is 5.49. The number of ether oxygens (including phenoxy) is 1. The van der Waals surface area contributed by atoms with Crippen molar-refractivity contribution in [2.45, 2.75) is 25.0 Å². The molecule has 3 aromatic rings. The van der Waals surface area contributed by atoms with Gasteiger partial charge >= 0.3 is 6.03 Å². The van der Waals surface area contributed by atoms with Crippen molar-refractivity contribution in [3.05, 3.63) is 58.9 Å². The van der Waals surface area contributed by atoms with E-state index in [4.69, 9.17) is 4.74 Å². The largest absolute Gasteiger partial charge is 0.497 e. The smallest absolute Gasteiger partial charge is 0.323 e. The summed E-state index contributed by atoms with van der Waals surface area (Å²) in [6.07, 6.45) is 4.64. The molecule has 4 rings (SSSR count). The molecule has 1 aromatic carbocycles. The highest BCUT2D eigenvalue weighted by molar-refractivity contribution is 6.09. The Balaban J connectivity index is 1.74. The van der Waals surface area contributed by atoms with Crippen LogP contribution in [0, 0.1) is 16.7 Å². The number of fused-ring (bicyclic) bond motifs is 1. The Bertz CT molecular complexity index is 1310. The van der Waals surface area contributed by atoms with Crippen LogP contribution in [0.15, 0.2) is 48.0 Å². The number of nitroso groups, excluding NO2 is 1. The van der Waals surface area contributed by atoms with Gasteiger partial charge in [-0.2, -0.15) is 4.91 Å². The van der Waals surface area contributed by atoms with E-state index in [1.54, 1.807) is 37.4 Å². The first-order valence-corrected chi connectivity index (χ1v) is 9.65. The summed E-state index contributed by atoms with van der Waals surface area (Å²) >= 11 is 0. The maximum absolute atomic E-state index is 12.7. The Kier molecular flexibility index (Phi) is 5.24. The predicted molar refractivity (Wildman–Crippen MR) is 115 cm³/mol. The quantitative estimate of drug-likeness (QED) is 0.321. The number of carbonyl (C=O) groups excluding carboxylic acids is 2. The van der Waals surface area contributed by atoms with Crippen LogP contribution in [0.2, 0.25) is 0 Å². The molecule has 32 heavy (non-hydrogen) atoms. The molecule has 2 atom stereocenters. The third-order valence-corrected chi connectivity index (χ3v) is 5.24. The fraction of sp³-hybridized carbons (Fsp3) is 0.227. The lowest BCUT2D eigenvalue weighted by molar-refractivity contribution is -0.122. The minimum atomic E-state index is -1.63. The topological polar surface area (TPSA) is 135 Å². The van der Waals surface area contributed by atoms with E-state index < -0.39 is 23.5 Å². The van der Waals surface area contributed by atoms with Crippen molar-refractivity contribution < 1.29 is 19.4 Å². The molecule has 2 aromatic heterocycles. The molecular formula is C22H19N5O5. The number of nitrogens with one attached hydrogen (secondary N) is 2. The van der Waals surface area contributed by atoms with Gasteiger partial charge in [-0.15, -0.1) is 0 Å². The van der Waals surface area contributed by atoms with Crippen LogP contribution in [-0.2, 0) is 11.3 Å². The number of methoxy groups -OCH3 is 1. The van der Waals surface area contributed by atoms with Gasteiger partial charge in [0.25, 0.3) is 5.91 Å². The number of amides is 3. The standard InChI is InChI=1S/C22H19N5O5/c1-13(26-31)16-7-14(9-23-10-16)5-6-22(20(29)24-21(30)25-22)12-27-11-15-3-4-17(32-2)8-18(15)19(27)28/h3-4,7-11,13,28H,12H2,1-2H3,(H2,24,25,29,30)/t13?,22-/m1/s1. The van der Waals surface area contributed by atoms with Crippen LogP contribution in [0.25, 0.3) is 10.8 Å². The second kappa shape index (κ2) is 8.03. The van der Waals surface area contributed by atoms with Crippen LogP contribution in [0.3, 0.4) is 0 Å². The van der Waals surface area contributed by atoms with Gasteiger partial charge in [0, 0.05) is 34.9 Å². The van der Waals surface area contributed by atoms with E-state index in [0.717, 1.165) is 5.39 Å². The SMILES string of the molecule is COc1ccc2cn(C[C@@]3(C#Cc4cncc(C(C)N=O)c4)NC(=O)NC3=O)c(O)c2c1. The summed E-state index contributed by atoms with van der Waals surface area (Å²) < 4.78 is 6.64. The lowest BCUT2D eigenvalue weighted by Crippen LogP contribution is -2.49. The fourth-order valence-corrected chi connectivity index (χ4v) is 3.45. The molecule has 0 saturated carbocycles. The van der Waals surface area contributed by atoms with E-state index in [9.17, 15) is 19.6 Å². The zero-order valence-electron chi connectivity index (χ0n) is 17.2. The summed E-state index contributed by atoms with van der Waals surface area (Å²) in [5, 5.41) is 19.7. The van der Waals surface area contributed by atoms with E-state index in [0.29, 0.717) is 22.3 Å². The van der Waals surface area contributed by atoms with Crippen LogP contribution in [-0.4, -0.2) is 39.2 Å². The van der Waals surface area contributed by atoms with Gasteiger partial charge < -0.3 is 19.7 Å². The monoisotopic (exact) mass is 433 g/mol. The van der Waals surface area contributed by atoms with Crippen molar-refractivity contribution in [2.24, 2.45) is 5.18 Å². The molecule has 0 aliphatic carbocycles. The first-order chi connectivity index (χ1) is 15.3. The van der Waals surface area contributed by atoms with Gasteiger partial charge in [-0.1, -0.05) is 17.0 Å². The van der Waals surface area contributed by atoms with Crippen molar-refractivity contribution in [3.8, 4) is 23.5 Å². The molecule has 0 spiro atoms. The van der Waals surface area contributed by atoms with E-state index in [2.05, 4.69) is 32.6 Å². The molecule has 10 heteroatoms. The van der Waals surface area contributed by atoms with Gasteiger partial charge in [-0.05, 0) is 36.8 Å². The van der Waals surface area contributed by atoms with Crippen LogP contribution in [0.5, 0.6) is 11.6 Å². The molecule has 1 aliphatic heterocycles. The molecule has 3 N–H and O–H groups in total. The maximum Gasteiger partial charge on any atom is 0.323 e. The van der Waals surface area contributed by atoms with Crippen molar-refractivity contribution in [2.75, 3.05) is 7.11 Å². The van der Waals surface area contributed by atoms with Crippen LogP contribution < -0.4 is 15.4 Å². The van der Waals surface area contributed by atoms with Gasteiger partial charge in [-0.25, -0.2) is 4.79 Å². The Morgan fingerprint density at radius 1 is 1.31 bits per heavy atom. The molecule has 3 amide bonds. The minimum Gasteiger partial charge on any atom is -0.497 e. The predicted octanol–water partition coefficient (Wildman–Crippen LogP) is 2.21. The van der Waals surface area contributed by atoms with Crippen LogP contribution in [0.4, 0.5) is 4.79 Å². The van der Waals surface area contributed by atoms with Crippen LogP contribution >= 0.6 is 0 Å². The van der Waals surface area contributed by atoms with Crippen molar-refractivity contribution in [1.29, 1.82) is 0 Å². The number of rotatable bonds is 5. The Morgan fingerprint density at radius 3 is 2.81 bits per heavy atom. The Morgan fingerprint density at radius 2 is 2.12 bits per heavy atom. The number of hydrogen-bond acceptors (Lipinski definition) is 7. The van der Waals surface area contributed by atoms with E-state index in [1.165, 1.54) is 24.1 Å². The fourth-order valence-electron chi connectivity index (χ4n) is 3.45.